The molecule has 108 valence electrons. The van der Waals surface area contributed by atoms with Gasteiger partial charge in [-0.1, -0.05) is 13.8 Å². The van der Waals surface area contributed by atoms with Gasteiger partial charge in [-0.25, -0.2) is 9.97 Å². The largest absolute Gasteiger partial charge is 0.342 e. The lowest BCUT2D eigenvalue weighted by molar-refractivity contribution is -0.130. The highest BCUT2D eigenvalue weighted by atomic mass is 16.2. The van der Waals surface area contributed by atoms with Crippen molar-refractivity contribution in [2.45, 2.75) is 33.1 Å². The third kappa shape index (κ3) is 3.04. The molecule has 2 aromatic heterocycles. The third-order valence-electron chi connectivity index (χ3n) is 2.99. The number of hydrogen-bond donors (Lipinski definition) is 1. The first-order valence-electron chi connectivity index (χ1n) is 6.85. The quantitative estimate of drug-likeness (QED) is 0.838. The van der Waals surface area contributed by atoms with E-state index in [1.807, 2.05) is 18.7 Å². The predicted molar refractivity (Wildman–Crippen MR) is 74.5 cm³/mol. The number of H-pyrrole nitrogens is 1. The lowest BCUT2D eigenvalue weighted by Crippen LogP contribution is -2.34. The molecule has 0 saturated carbocycles. The maximum atomic E-state index is 12.2. The van der Waals surface area contributed by atoms with E-state index in [1.165, 1.54) is 16.9 Å². The molecule has 0 aliphatic carbocycles. The molecule has 0 unspecified atom stereocenters. The molecule has 0 spiro atoms. The number of carbonyl (C=O) groups excluding carboxylic acids is 1. The van der Waals surface area contributed by atoms with Gasteiger partial charge in [0.15, 0.2) is 0 Å². The molecular formula is C13H19N5O2. The fraction of sp³-hybridized carbons (Fsp3) is 0.538. The summed E-state index contributed by atoms with van der Waals surface area (Å²) in [7, 11) is 0. The molecule has 2 heterocycles. The van der Waals surface area contributed by atoms with Gasteiger partial charge in [0, 0.05) is 19.2 Å². The standard InChI is InChI=1S/C13H19N5O2/c1-3-5-17(6-4-2)11(19)7-10-8-12(20)18-13(16-10)14-9-15-18/h8-9H,3-7H2,1-2H3,(H,14,15,16). The fourth-order valence-corrected chi connectivity index (χ4v) is 2.13. The Morgan fingerprint density at radius 2 is 2.05 bits per heavy atom. The molecule has 0 fully saturated rings. The van der Waals surface area contributed by atoms with Crippen molar-refractivity contribution >= 4 is 11.7 Å². The van der Waals surface area contributed by atoms with Crippen molar-refractivity contribution in [1.29, 1.82) is 0 Å². The molecule has 0 aromatic carbocycles. The van der Waals surface area contributed by atoms with Crippen LogP contribution in [0.2, 0.25) is 0 Å². The van der Waals surface area contributed by atoms with Crippen LogP contribution in [-0.4, -0.2) is 43.5 Å². The summed E-state index contributed by atoms with van der Waals surface area (Å²) in [6.07, 6.45) is 3.37. The van der Waals surface area contributed by atoms with Crippen molar-refractivity contribution in [2.24, 2.45) is 0 Å². The highest BCUT2D eigenvalue weighted by Crippen LogP contribution is 2.02. The molecule has 1 N–H and O–H groups in total. The minimum Gasteiger partial charge on any atom is -0.342 e. The second-order valence-electron chi connectivity index (χ2n) is 4.67. The summed E-state index contributed by atoms with van der Waals surface area (Å²) in [6, 6.07) is 1.37. The smallest absolute Gasteiger partial charge is 0.274 e. The van der Waals surface area contributed by atoms with Crippen LogP contribution in [0.1, 0.15) is 32.4 Å². The molecule has 1 amide bonds. The van der Waals surface area contributed by atoms with Crippen molar-refractivity contribution in [1.82, 2.24) is 24.5 Å². The first-order chi connectivity index (χ1) is 9.65. The zero-order valence-electron chi connectivity index (χ0n) is 11.8. The molecular weight excluding hydrogens is 258 g/mol. The van der Waals surface area contributed by atoms with E-state index in [0.717, 1.165) is 25.9 Å². The Morgan fingerprint density at radius 1 is 1.35 bits per heavy atom. The van der Waals surface area contributed by atoms with Gasteiger partial charge in [-0.05, 0) is 12.8 Å². The Morgan fingerprint density at radius 3 is 2.70 bits per heavy atom. The lowest BCUT2D eigenvalue weighted by Gasteiger charge is -2.21. The Labute approximate surface area is 116 Å². The van der Waals surface area contributed by atoms with Crippen LogP contribution < -0.4 is 5.56 Å². The van der Waals surface area contributed by atoms with Crippen molar-refractivity contribution in [3.05, 3.63) is 28.4 Å². The van der Waals surface area contributed by atoms with Gasteiger partial charge in [-0.3, -0.25) is 14.7 Å². The molecule has 2 rings (SSSR count). The number of nitrogens with zero attached hydrogens (tertiary/aromatic N) is 4. The van der Waals surface area contributed by atoms with Crippen LogP contribution in [0.3, 0.4) is 0 Å². The number of nitrogens with one attached hydrogen (secondary N) is 1. The lowest BCUT2D eigenvalue weighted by atomic mass is 10.2. The van der Waals surface area contributed by atoms with Crippen molar-refractivity contribution < 1.29 is 4.79 Å². The first-order valence-corrected chi connectivity index (χ1v) is 6.85. The zero-order valence-corrected chi connectivity index (χ0v) is 11.8. The summed E-state index contributed by atoms with van der Waals surface area (Å²) >= 11 is 0. The van der Waals surface area contributed by atoms with Gasteiger partial charge in [0.2, 0.25) is 5.91 Å². The van der Waals surface area contributed by atoms with Crippen molar-refractivity contribution in [2.75, 3.05) is 13.1 Å². The van der Waals surface area contributed by atoms with E-state index in [-0.39, 0.29) is 23.7 Å². The van der Waals surface area contributed by atoms with Crippen LogP contribution in [0, 0.1) is 0 Å². The van der Waals surface area contributed by atoms with E-state index in [4.69, 9.17) is 0 Å². The number of rotatable bonds is 6. The predicted octanol–water partition coefficient (Wildman–Crippen LogP) is 0.609. The van der Waals surface area contributed by atoms with E-state index < -0.39 is 0 Å². The van der Waals surface area contributed by atoms with Crippen LogP contribution >= 0.6 is 0 Å². The van der Waals surface area contributed by atoms with Gasteiger partial charge >= 0.3 is 0 Å². The number of aromatic amines is 1. The number of hydrogen-bond acceptors (Lipinski definition) is 4. The molecule has 7 heteroatoms. The van der Waals surface area contributed by atoms with E-state index in [1.54, 1.807) is 0 Å². The Kier molecular flexibility index (Phi) is 4.49. The first kappa shape index (κ1) is 14.2. The molecule has 0 radical (unpaired) electrons. The van der Waals surface area contributed by atoms with Crippen molar-refractivity contribution in [3.63, 3.8) is 0 Å². The van der Waals surface area contributed by atoms with Crippen LogP contribution in [-0.2, 0) is 11.2 Å². The Balaban J connectivity index is 2.18. The van der Waals surface area contributed by atoms with Gasteiger partial charge in [-0.2, -0.15) is 4.52 Å². The van der Waals surface area contributed by atoms with E-state index >= 15 is 0 Å². The Hall–Kier alpha value is -2.18. The van der Waals surface area contributed by atoms with Crippen LogP contribution in [0.4, 0.5) is 0 Å². The minimum absolute atomic E-state index is 0.000450. The molecule has 20 heavy (non-hydrogen) atoms. The average Bonchev–Trinajstić information content (AvgIpc) is 2.87. The SMILES string of the molecule is CCCN(CCC)C(=O)Cc1cc(=O)n2[nH]cnc2n1. The molecule has 7 nitrogen and oxygen atoms in total. The zero-order chi connectivity index (χ0) is 14.5. The molecule has 0 aliphatic rings. The fourth-order valence-electron chi connectivity index (χ4n) is 2.13. The number of fused-ring (bicyclic) bond motifs is 1. The normalized spacial score (nSPS) is 10.9. The maximum absolute atomic E-state index is 12.2. The second-order valence-corrected chi connectivity index (χ2v) is 4.67. The topological polar surface area (TPSA) is 83.4 Å². The van der Waals surface area contributed by atoms with Crippen LogP contribution in [0.25, 0.3) is 5.78 Å². The molecule has 0 bridgehead atoms. The minimum atomic E-state index is -0.257. The highest BCUT2D eigenvalue weighted by molar-refractivity contribution is 5.78. The van der Waals surface area contributed by atoms with Gasteiger partial charge in [0.25, 0.3) is 11.3 Å². The van der Waals surface area contributed by atoms with Gasteiger partial charge in [-0.15, -0.1) is 0 Å². The number of carbonyl (C=O) groups is 1. The molecule has 2 aromatic rings. The van der Waals surface area contributed by atoms with E-state index in [9.17, 15) is 9.59 Å². The van der Waals surface area contributed by atoms with E-state index in [0.29, 0.717) is 5.69 Å². The van der Waals surface area contributed by atoms with E-state index in [2.05, 4.69) is 15.1 Å². The van der Waals surface area contributed by atoms with Gasteiger partial charge in [0.1, 0.15) is 6.33 Å². The van der Waals surface area contributed by atoms with Gasteiger partial charge < -0.3 is 4.90 Å². The summed E-state index contributed by atoms with van der Waals surface area (Å²) in [5.41, 5.74) is 0.206. The Bertz CT molecular complexity index is 639. The summed E-state index contributed by atoms with van der Waals surface area (Å²) < 4.78 is 1.24. The summed E-state index contributed by atoms with van der Waals surface area (Å²) in [5, 5.41) is 2.67. The second kappa shape index (κ2) is 6.31. The van der Waals surface area contributed by atoms with Crippen molar-refractivity contribution in [3.8, 4) is 0 Å². The number of aromatic nitrogens is 4. The summed E-state index contributed by atoms with van der Waals surface area (Å²) in [4.78, 5) is 34.0. The van der Waals surface area contributed by atoms with Crippen LogP contribution in [0.5, 0.6) is 0 Å². The molecule has 0 aliphatic heterocycles. The van der Waals surface area contributed by atoms with Gasteiger partial charge in [0.05, 0.1) is 12.1 Å². The average molecular weight is 277 g/mol. The third-order valence-corrected chi connectivity index (χ3v) is 2.99. The molecule has 0 atom stereocenters. The number of amides is 1. The monoisotopic (exact) mass is 277 g/mol. The van der Waals surface area contributed by atoms with Crippen LogP contribution in [0.15, 0.2) is 17.2 Å². The summed E-state index contributed by atoms with van der Waals surface area (Å²) in [5.74, 6) is 0.290. The highest BCUT2D eigenvalue weighted by Gasteiger charge is 2.14. The molecule has 0 saturated heterocycles. The maximum Gasteiger partial charge on any atom is 0.274 e. The summed E-state index contributed by atoms with van der Waals surface area (Å²) in [6.45, 7) is 5.54.